The van der Waals surface area contributed by atoms with E-state index in [1.807, 2.05) is 30.9 Å². The summed E-state index contributed by atoms with van der Waals surface area (Å²) in [4.78, 5) is 14.5. The van der Waals surface area contributed by atoms with E-state index in [1.54, 1.807) is 4.68 Å². The van der Waals surface area contributed by atoms with Crippen molar-refractivity contribution in [1.82, 2.24) is 14.7 Å². The number of aromatic nitrogens is 2. The van der Waals surface area contributed by atoms with Crippen LogP contribution in [0.15, 0.2) is 36.4 Å². The van der Waals surface area contributed by atoms with Crippen molar-refractivity contribution in [2.45, 2.75) is 39.3 Å². The van der Waals surface area contributed by atoms with Gasteiger partial charge in [-0.1, -0.05) is 30.3 Å². The van der Waals surface area contributed by atoms with Crippen LogP contribution < -0.4 is 0 Å². The molecule has 1 aliphatic heterocycles. The number of aryl methyl sites for hydroxylation is 3. The van der Waals surface area contributed by atoms with E-state index >= 15 is 0 Å². The third-order valence-electron chi connectivity index (χ3n) is 4.48. The van der Waals surface area contributed by atoms with Crippen LogP contribution in [0, 0.1) is 13.8 Å². The first-order valence-corrected chi connectivity index (χ1v) is 8.56. The van der Waals surface area contributed by atoms with E-state index in [0.29, 0.717) is 26.2 Å². The van der Waals surface area contributed by atoms with Crippen molar-refractivity contribution in [1.29, 1.82) is 0 Å². The minimum absolute atomic E-state index is 0.114. The Labute approximate surface area is 143 Å². The van der Waals surface area contributed by atoms with Gasteiger partial charge >= 0.3 is 0 Å². The van der Waals surface area contributed by atoms with E-state index in [4.69, 9.17) is 4.74 Å². The van der Waals surface area contributed by atoms with Gasteiger partial charge < -0.3 is 9.64 Å². The Morgan fingerprint density at radius 1 is 1.29 bits per heavy atom. The lowest BCUT2D eigenvalue weighted by atomic mass is 10.1. The standard InChI is InChI=1S/C19H25N3O2/c1-15-12-16(2)22(20-15)14-19(23)21-10-11-24-18(13-21)9-8-17-6-4-3-5-7-17/h3-7,12,18H,8-11,13-14H2,1-2H3. The summed E-state index contributed by atoms with van der Waals surface area (Å²) in [6, 6.07) is 12.4. The number of hydrogen-bond acceptors (Lipinski definition) is 3. The highest BCUT2D eigenvalue weighted by molar-refractivity contribution is 5.76. The maximum atomic E-state index is 12.6. The zero-order valence-electron chi connectivity index (χ0n) is 14.4. The minimum Gasteiger partial charge on any atom is -0.375 e. The summed E-state index contributed by atoms with van der Waals surface area (Å²) < 4.78 is 7.63. The lowest BCUT2D eigenvalue weighted by Gasteiger charge is -2.33. The molecule has 2 heterocycles. The predicted octanol–water partition coefficient (Wildman–Crippen LogP) is 2.36. The fourth-order valence-corrected chi connectivity index (χ4v) is 3.16. The first-order chi connectivity index (χ1) is 11.6. The molecule has 1 aliphatic rings. The molecule has 2 aromatic rings. The Morgan fingerprint density at radius 2 is 2.08 bits per heavy atom. The maximum Gasteiger partial charge on any atom is 0.244 e. The molecule has 24 heavy (non-hydrogen) atoms. The second kappa shape index (κ2) is 7.62. The average Bonchev–Trinajstić information content (AvgIpc) is 2.91. The molecular weight excluding hydrogens is 302 g/mol. The fourth-order valence-electron chi connectivity index (χ4n) is 3.16. The highest BCUT2D eigenvalue weighted by Gasteiger charge is 2.24. The minimum atomic E-state index is 0.114. The summed E-state index contributed by atoms with van der Waals surface area (Å²) in [5.74, 6) is 0.120. The molecule has 3 rings (SSSR count). The molecule has 5 nitrogen and oxygen atoms in total. The third kappa shape index (κ3) is 4.23. The monoisotopic (exact) mass is 327 g/mol. The van der Waals surface area contributed by atoms with Crippen LogP contribution in [-0.2, 0) is 22.5 Å². The van der Waals surface area contributed by atoms with Gasteiger partial charge in [-0.05, 0) is 38.3 Å². The molecule has 0 bridgehead atoms. The number of morpholine rings is 1. The van der Waals surface area contributed by atoms with Gasteiger partial charge in [0.05, 0.1) is 18.4 Å². The number of amides is 1. The summed E-state index contributed by atoms with van der Waals surface area (Å²) in [5.41, 5.74) is 3.28. The Hall–Kier alpha value is -2.14. The van der Waals surface area contributed by atoms with Crippen LogP contribution >= 0.6 is 0 Å². The average molecular weight is 327 g/mol. The largest absolute Gasteiger partial charge is 0.375 e. The van der Waals surface area contributed by atoms with Crippen molar-refractivity contribution in [2.24, 2.45) is 0 Å². The summed E-state index contributed by atoms with van der Waals surface area (Å²) in [6.07, 6.45) is 2.03. The number of carbonyl (C=O) groups excluding carboxylic acids is 1. The number of benzene rings is 1. The number of carbonyl (C=O) groups is 1. The summed E-state index contributed by atoms with van der Waals surface area (Å²) in [6.45, 7) is 6.19. The zero-order chi connectivity index (χ0) is 16.9. The molecule has 1 unspecified atom stereocenters. The molecular formula is C19H25N3O2. The van der Waals surface area contributed by atoms with Crippen LogP contribution in [0.1, 0.15) is 23.4 Å². The Morgan fingerprint density at radius 3 is 2.79 bits per heavy atom. The van der Waals surface area contributed by atoms with Crippen molar-refractivity contribution >= 4 is 5.91 Å². The fraction of sp³-hybridized carbons (Fsp3) is 0.474. The van der Waals surface area contributed by atoms with Gasteiger partial charge in [-0.15, -0.1) is 0 Å². The van der Waals surface area contributed by atoms with Crippen molar-refractivity contribution in [3.8, 4) is 0 Å². The van der Waals surface area contributed by atoms with Gasteiger partial charge in [0.25, 0.3) is 0 Å². The molecule has 1 saturated heterocycles. The number of hydrogen-bond donors (Lipinski definition) is 0. The van der Waals surface area contributed by atoms with Crippen LogP contribution in [-0.4, -0.2) is 46.4 Å². The molecule has 1 aromatic heterocycles. The second-order valence-corrected chi connectivity index (χ2v) is 6.44. The molecule has 128 valence electrons. The predicted molar refractivity (Wildman–Crippen MR) is 92.8 cm³/mol. The first kappa shape index (κ1) is 16.7. The van der Waals surface area contributed by atoms with Crippen LogP contribution in [0.25, 0.3) is 0 Å². The number of rotatable bonds is 5. The van der Waals surface area contributed by atoms with E-state index in [-0.39, 0.29) is 12.0 Å². The lowest BCUT2D eigenvalue weighted by molar-refractivity contribution is -0.139. The van der Waals surface area contributed by atoms with Crippen molar-refractivity contribution in [3.63, 3.8) is 0 Å². The van der Waals surface area contributed by atoms with Crippen molar-refractivity contribution in [3.05, 3.63) is 53.3 Å². The first-order valence-electron chi connectivity index (χ1n) is 8.56. The molecule has 0 radical (unpaired) electrons. The molecule has 0 spiro atoms. The molecule has 0 N–H and O–H groups in total. The molecule has 1 amide bonds. The van der Waals surface area contributed by atoms with Gasteiger partial charge in [-0.2, -0.15) is 5.10 Å². The Bertz CT molecular complexity index is 681. The lowest BCUT2D eigenvalue weighted by Crippen LogP contribution is -2.47. The van der Waals surface area contributed by atoms with E-state index in [2.05, 4.69) is 29.4 Å². The normalized spacial score (nSPS) is 17.9. The summed E-state index contributed by atoms with van der Waals surface area (Å²) in [5, 5.41) is 4.38. The van der Waals surface area contributed by atoms with E-state index < -0.39 is 0 Å². The highest BCUT2D eigenvalue weighted by Crippen LogP contribution is 2.13. The number of nitrogens with zero attached hydrogens (tertiary/aromatic N) is 3. The van der Waals surface area contributed by atoms with Crippen LogP contribution in [0.4, 0.5) is 0 Å². The smallest absolute Gasteiger partial charge is 0.244 e. The van der Waals surface area contributed by atoms with E-state index in [0.717, 1.165) is 24.2 Å². The van der Waals surface area contributed by atoms with Crippen molar-refractivity contribution < 1.29 is 9.53 Å². The SMILES string of the molecule is Cc1cc(C)n(CC(=O)N2CCOC(CCc3ccccc3)C2)n1. The second-order valence-electron chi connectivity index (χ2n) is 6.44. The van der Waals surface area contributed by atoms with Gasteiger partial charge in [0.2, 0.25) is 5.91 Å². The van der Waals surface area contributed by atoms with Crippen LogP contribution in [0.3, 0.4) is 0 Å². The van der Waals surface area contributed by atoms with Crippen LogP contribution in [0.2, 0.25) is 0 Å². The molecule has 1 aromatic carbocycles. The zero-order valence-corrected chi connectivity index (χ0v) is 14.4. The molecule has 1 fully saturated rings. The molecule has 1 atom stereocenters. The quantitative estimate of drug-likeness (QED) is 0.847. The molecule has 0 saturated carbocycles. The van der Waals surface area contributed by atoms with E-state index in [9.17, 15) is 4.79 Å². The van der Waals surface area contributed by atoms with Gasteiger partial charge in [0, 0.05) is 18.8 Å². The summed E-state index contributed by atoms with van der Waals surface area (Å²) in [7, 11) is 0. The van der Waals surface area contributed by atoms with Gasteiger partial charge in [-0.3, -0.25) is 9.48 Å². The van der Waals surface area contributed by atoms with Gasteiger partial charge in [-0.25, -0.2) is 0 Å². The topological polar surface area (TPSA) is 47.4 Å². The Balaban J connectivity index is 1.53. The maximum absolute atomic E-state index is 12.6. The molecule has 5 heteroatoms. The summed E-state index contributed by atoms with van der Waals surface area (Å²) >= 11 is 0. The highest BCUT2D eigenvalue weighted by atomic mass is 16.5. The third-order valence-corrected chi connectivity index (χ3v) is 4.48. The van der Waals surface area contributed by atoms with Crippen molar-refractivity contribution in [2.75, 3.05) is 19.7 Å². The van der Waals surface area contributed by atoms with Gasteiger partial charge in [0.15, 0.2) is 0 Å². The molecule has 0 aliphatic carbocycles. The Kier molecular flexibility index (Phi) is 5.30. The van der Waals surface area contributed by atoms with E-state index in [1.165, 1.54) is 5.56 Å². The van der Waals surface area contributed by atoms with Gasteiger partial charge in [0.1, 0.15) is 6.54 Å². The number of ether oxygens (including phenoxy) is 1. The van der Waals surface area contributed by atoms with Crippen LogP contribution in [0.5, 0.6) is 0 Å².